The first-order valence-electron chi connectivity index (χ1n) is 6.78. The fourth-order valence-corrected chi connectivity index (χ4v) is 2.82. The van der Waals surface area contributed by atoms with Gasteiger partial charge in [0, 0.05) is 16.8 Å². The van der Waals surface area contributed by atoms with E-state index in [1.807, 2.05) is 54.6 Å². The first kappa shape index (κ1) is 11.9. The Morgan fingerprint density at radius 2 is 1.90 bits per heavy atom. The molecular weight excluding hydrogens is 262 g/mol. The number of anilines is 2. The number of benzene rings is 2. The van der Waals surface area contributed by atoms with Gasteiger partial charge in [0.25, 0.3) is 0 Å². The lowest BCUT2D eigenvalue weighted by atomic mass is 9.96. The zero-order chi connectivity index (χ0) is 14.4. The summed E-state index contributed by atoms with van der Waals surface area (Å²) in [6.45, 7) is 0. The highest BCUT2D eigenvalue weighted by atomic mass is 16.2. The SMILES string of the molecule is Nc1ccc2nc(C3C(=O)Nc4ccccc43)ccc2c1. The molecular formula is C17H13N3O. The average Bonchev–Trinajstić information content (AvgIpc) is 2.82. The Bertz CT molecular complexity index is 873. The van der Waals surface area contributed by atoms with E-state index in [1.54, 1.807) is 0 Å². The molecule has 2 aromatic carbocycles. The molecule has 0 fully saturated rings. The number of aromatic nitrogens is 1. The summed E-state index contributed by atoms with van der Waals surface area (Å²) in [6, 6.07) is 17.2. The Hall–Kier alpha value is -2.88. The Balaban J connectivity index is 1.87. The zero-order valence-corrected chi connectivity index (χ0v) is 11.2. The Morgan fingerprint density at radius 3 is 2.81 bits per heavy atom. The molecule has 2 heterocycles. The fourth-order valence-electron chi connectivity index (χ4n) is 2.82. The highest BCUT2D eigenvalue weighted by molar-refractivity contribution is 6.05. The fraction of sp³-hybridized carbons (Fsp3) is 0.0588. The minimum atomic E-state index is -0.344. The van der Waals surface area contributed by atoms with E-state index in [0.29, 0.717) is 5.69 Å². The molecule has 1 aromatic heterocycles. The molecule has 3 aromatic rings. The molecule has 0 saturated carbocycles. The number of nitrogen functional groups attached to an aromatic ring is 1. The van der Waals surface area contributed by atoms with Gasteiger partial charge in [0.05, 0.1) is 11.2 Å². The standard InChI is InChI=1S/C17H13N3O/c18-11-6-8-13-10(9-11)5-7-15(19-13)16-12-3-1-2-4-14(12)20-17(16)21/h1-9,16H,18H2,(H,20,21). The van der Waals surface area contributed by atoms with Crippen molar-refractivity contribution in [2.24, 2.45) is 0 Å². The number of carbonyl (C=O) groups is 1. The Morgan fingerprint density at radius 1 is 1.05 bits per heavy atom. The van der Waals surface area contributed by atoms with Gasteiger partial charge in [0.1, 0.15) is 5.92 Å². The number of para-hydroxylation sites is 1. The maximum Gasteiger partial charge on any atom is 0.238 e. The average molecular weight is 275 g/mol. The summed E-state index contributed by atoms with van der Waals surface area (Å²) in [4.78, 5) is 16.9. The second-order valence-corrected chi connectivity index (χ2v) is 5.20. The number of pyridine rings is 1. The van der Waals surface area contributed by atoms with Crippen LogP contribution in [0.4, 0.5) is 11.4 Å². The lowest BCUT2D eigenvalue weighted by Crippen LogP contribution is -2.14. The van der Waals surface area contributed by atoms with E-state index in [9.17, 15) is 4.79 Å². The summed E-state index contributed by atoms with van der Waals surface area (Å²) in [5.74, 6) is -0.373. The first-order chi connectivity index (χ1) is 10.2. The van der Waals surface area contributed by atoms with Gasteiger partial charge in [0.2, 0.25) is 5.91 Å². The second kappa shape index (κ2) is 4.31. The van der Waals surface area contributed by atoms with E-state index < -0.39 is 0 Å². The number of nitrogens with zero attached hydrogens (tertiary/aromatic N) is 1. The number of carbonyl (C=O) groups excluding carboxylic acids is 1. The minimum Gasteiger partial charge on any atom is -0.399 e. The van der Waals surface area contributed by atoms with Crippen LogP contribution in [0.15, 0.2) is 54.6 Å². The van der Waals surface area contributed by atoms with Gasteiger partial charge >= 0.3 is 0 Å². The molecule has 4 rings (SSSR count). The van der Waals surface area contributed by atoms with Crippen molar-refractivity contribution >= 4 is 28.2 Å². The van der Waals surface area contributed by atoms with Crippen molar-refractivity contribution in [1.29, 1.82) is 0 Å². The van der Waals surface area contributed by atoms with E-state index in [1.165, 1.54) is 0 Å². The smallest absolute Gasteiger partial charge is 0.238 e. The maximum absolute atomic E-state index is 12.3. The minimum absolute atomic E-state index is 0.0292. The molecule has 0 saturated heterocycles. The molecule has 0 bridgehead atoms. The monoisotopic (exact) mass is 275 g/mol. The van der Waals surface area contributed by atoms with Crippen LogP contribution in [0.3, 0.4) is 0 Å². The molecule has 4 nitrogen and oxygen atoms in total. The van der Waals surface area contributed by atoms with Gasteiger partial charge in [0.15, 0.2) is 0 Å². The van der Waals surface area contributed by atoms with Crippen molar-refractivity contribution in [3.63, 3.8) is 0 Å². The van der Waals surface area contributed by atoms with Gasteiger partial charge in [-0.15, -0.1) is 0 Å². The molecule has 1 amide bonds. The van der Waals surface area contributed by atoms with E-state index >= 15 is 0 Å². The molecule has 21 heavy (non-hydrogen) atoms. The predicted octanol–water partition coefficient (Wildman–Crippen LogP) is 2.90. The first-order valence-corrected chi connectivity index (χ1v) is 6.78. The van der Waals surface area contributed by atoms with Crippen LogP contribution in [-0.4, -0.2) is 10.9 Å². The summed E-state index contributed by atoms with van der Waals surface area (Å²) >= 11 is 0. The van der Waals surface area contributed by atoms with Crippen molar-refractivity contribution in [2.45, 2.75) is 5.92 Å². The summed E-state index contributed by atoms with van der Waals surface area (Å²) < 4.78 is 0. The largest absolute Gasteiger partial charge is 0.399 e. The number of rotatable bonds is 1. The summed E-state index contributed by atoms with van der Waals surface area (Å²) in [5.41, 5.74) is 9.94. The van der Waals surface area contributed by atoms with Crippen LogP contribution in [-0.2, 0) is 4.79 Å². The lowest BCUT2D eigenvalue weighted by molar-refractivity contribution is -0.116. The van der Waals surface area contributed by atoms with Gasteiger partial charge in [-0.3, -0.25) is 9.78 Å². The van der Waals surface area contributed by atoms with E-state index in [2.05, 4.69) is 10.3 Å². The molecule has 4 heteroatoms. The van der Waals surface area contributed by atoms with Crippen LogP contribution in [0.2, 0.25) is 0 Å². The van der Waals surface area contributed by atoms with Crippen LogP contribution in [0.5, 0.6) is 0 Å². The van der Waals surface area contributed by atoms with Crippen LogP contribution in [0.1, 0.15) is 17.2 Å². The summed E-state index contributed by atoms with van der Waals surface area (Å²) in [7, 11) is 0. The van der Waals surface area contributed by atoms with Crippen LogP contribution >= 0.6 is 0 Å². The highest BCUT2D eigenvalue weighted by Gasteiger charge is 2.32. The molecule has 0 spiro atoms. The van der Waals surface area contributed by atoms with E-state index in [4.69, 9.17) is 5.73 Å². The summed E-state index contributed by atoms with van der Waals surface area (Å²) in [5, 5.41) is 3.88. The summed E-state index contributed by atoms with van der Waals surface area (Å²) in [6.07, 6.45) is 0. The molecule has 0 aliphatic carbocycles. The van der Waals surface area contributed by atoms with Crippen LogP contribution in [0, 0.1) is 0 Å². The van der Waals surface area contributed by atoms with Gasteiger partial charge in [-0.1, -0.05) is 24.3 Å². The molecule has 1 unspecified atom stereocenters. The molecule has 0 radical (unpaired) electrons. The van der Waals surface area contributed by atoms with Crippen LogP contribution < -0.4 is 11.1 Å². The predicted molar refractivity (Wildman–Crippen MR) is 83.1 cm³/mol. The molecule has 102 valence electrons. The third-order valence-electron chi connectivity index (χ3n) is 3.82. The third-order valence-corrected chi connectivity index (χ3v) is 3.82. The maximum atomic E-state index is 12.3. The number of nitrogens with two attached hydrogens (primary N) is 1. The molecule has 3 N–H and O–H groups in total. The quantitative estimate of drug-likeness (QED) is 0.671. The molecule has 1 aliphatic heterocycles. The van der Waals surface area contributed by atoms with E-state index in [-0.39, 0.29) is 11.8 Å². The van der Waals surface area contributed by atoms with Gasteiger partial charge in [-0.05, 0) is 35.9 Å². The van der Waals surface area contributed by atoms with Crippen molar-refractivity contribution in [3.05, 3.63) is 65.9 Å². The van der Waals surface area contributed by atoms with Gasteiger partial charge < -0.3 is 11.1 Å². The third kappa shape index (κ3) is 1.84. The van der Waals surface area contributed by atoms with Crippen molar-refractivity contribution in [3.8, 4) is 0 Å². The topological polar surface area (TPSA) is 68.0 Å². The Labute approximate surface area is 121 Å². The second-order valence-electron chi connectivity index (χ2n) is 5.20. The van der Waals surface area contributed by atoms with Gasteiger partial charge in [-0.2, -0.15) is 0 Å². The number of hydrogen-bond donors (Lipinski definition) is 2. The molecule has 1 atom stereocenters. The van der Waals surface area contributed by atoms with Crippen LogP contribution in [0.25, 0.3) is 10.9 Å². The van der Waals surface area contributed by atoms with Crippen molar-refractivity contribution < 1.29 is 4.79 Å². The number of hydrogen-bond acceptors (Lipinski definition) is 3. The van der Waals surface area contributed by atoms with Gasteiger partial charge in [-0.25, -0.2) is 0 Å². The normalized spacial score (nSPS) is 16.8. The van der Waals surface area contributed by atoms with Crippen molar-refractivity contribution in [1.82, 2.24) is 4.98 Å². The number of amides is 1. The number of nitrogens with one attached hydrogen (secondary N) is 1. The number of fused-ring (bicyclic) bond motifs is 2. The van der Waals surface area contributed by atoms with E-state index in [0.717, 1.165) is 27.8 Å². The zero-order valence-electron chi connectivity index (χ0n) is 11.2. The molecule has 1 aliphatic rings. The highest BCUT2D eigenvalue weighted by Crippen LogP contribution is 2.36. The lowest BCUT2D eigenvalue weighted by Gasteiger charge is -2.09. The van der Waals surface area contributed by atoms with Crippen molar-refractivity contribution in [2.75, 3.05) is 11.1 Å². The Kier molecular flexibility index (Phi) is 2.44.